The zero-order valence-corrected chi connectivity index (χ0v) is 11.8. The van der Waals surface area contributed by atoms with Crippen molar-refractivity contribution in [3.05, 3.63) is 53.4 Å². The van der Waals surface area contributed by atoms with E-state index < -0.39 is 0 Å². The fraction of sp³-hybridized carbons (Fsp3) is 0.438. The van der Waals surface area contributed by atoms with Gasteiger partial charge in [0.1, 0.15) is 5.82 Å². The first-order valence-corrected chi connectivity index (χ1v) is 7.34. The van der Waals surface area contributed by atoms with Crippen molar-refractivity contribution < 1.29 is 0 Å². The average Bonchev–Trinajstić information content (AvgIpc) is 2.49. The molecule has 1 unspecified atom stereocenters. The standard InChI is InChI=1S/C16H20N4/c1-2-18-14-6-3-7-15-13(14)11-19-16(20-15)9-12-5-4-8-17-10-12/h4-5,8,10-11,14,18H,2-3,6-7,9H2,1H3. The molecule has 2 aromatic heterocycles. The highest BCUT2D eigenvalue weighted by Gasteiger charge is 2.21. The van der Waals surface area contributed by atoms with Crippen molar-refractivity contribution in [2.75, 3.05) is 6.54 Å². The highest BCUT2D eigenvalue weighted by molar-refractivity contribution is 5.26. The number of aromatic nitrogens is 3. The van der Waals surface area contributed by atoms with E-state index in [2.05, 4.69) is 28.3 Å². The predicted octanol–water partition coefficient (Wildman–Crippen LogP) is 2.45. The Balaban J connectivity index is 1.82. The molecular formula is C16H20N4. The lowest BCUT2D eigenvalue weighted by Crippen LogP contribution is -2.26. The van der Waals surface area contributed by atoms with Gasteiger partial charge in [-0.1, -0.05) is 13.0 Å². The van der Waals surface area contributed by atoms with Gasteiger partial charge in [0.05, 0.1) is 0 Å². The quantitative estimate of drug-likeness (QED) is 0.925. The molecule has 20 heavy (non-hydrogen) atoms. The Labute approximate surface area is 119 Å². The van der Waals surface area contributed by atoms with Crippen LogP contribution in [-0.4, -0.2) is 21.5 Å². The van der Waals surface area contributed by atoms with Crippen LogP contribution in [0.5, 0.6) is 0 Å². The van der Waals surface area contributed by atoms with Gasteiger partial charge in [-0.15, -0.1) is 0 Å². The molecular weight excluding hydrogens is 248 g/mol. The first-order chi connectivity index (χ1) is 9.86. The van der Waals surface area contributed by atoms with Gasteiger partial charge in [0, 0.05) is 42.3 Å². The molecule has 1 aliphatic carbocycles. The number of pyridine rings is 1. The lowest BCUT2D eigenvalue weighted by molar-refractivity contribution is 0.463. The molecule has 0 fully saturated rings. The van der Waals surface area contributed by atoms with Crippen LogP contribution >= 0.6 is 0 Å². The number of rotatable bonds is 4. The van der Waals surface area contributed by atoms with E-state index in [0.717, 1.165) is 30.8 Å². The van der Waals surface area contributed by atoms with Crippen molar-refractivity contribution in [2.24, 2.45) is 0 Å². The van der Waals surface area contributed by atoms with Gasteiger partial charge in [-0.25, -0.2) is 9.97 Å². The highest BCUT2D eigenvalue weighted by atomic mass is 14.9. The number of nitrogens with one attached hydrogen (secondary N) is 1. The normalized spacial score (nSPS) is 17.8. The fourth-order valence-corrected chi connectivity index (χ4v) is 2.82. The summed E-state index contributed by atoms with van der Waals surface area (Å²) in [5.74, 6) is 0.897. The zero-order valence-electron chi connectivity index (χ0n) is 11.8. The van der Waals surface area contributed by atoms with Crippen LogP contribution in [0.25, 0.3) is 0 Å². The third-order valence-corrected chi connectivity index (χ3v) is 3.77. The van der Waals surface area contributed by atoms with Crippen LogP contribution in [0, 0.1) is 0 Å². The first-order valence-electron chi connectivity index (χ1n) is 7.34. The minimum absolute atomic E-state index is 0.427. The van der Waals surface area contributed by atoms with Crippen LogP contribution in [0.2, 0.25) is 0 Å². The molecule has 4 heteroatoms. The molecule has 0 spiro atoms. The van der Waals surface area contributed by atoms with Crippen LogP contribution < -0.4 is 5.32 Å². The zero-order chi connectivity index (χ0) is 13.8. The smallest absolute Gasteiger partial charge is 0.132 e. The van der Waals surface area contributed by atoms with Crippen LogP contribution in [-0.2, 0) is 12.8 Å². The summed E-state index contributed by atoms with van der Waals surface area (Å²) in [5.41, 5.74) is 3.66. The van der Waals surface area contributed by atoms with E-state index in [1.54, 1.807) is 6.20 Å². The van der Waals surface area contributed by atoms with Gasteiger partial charge in [0.25, 0.3) is 0 Å². The van der Waals surface area contributed by atoms with Gasteiger partial charge < -0.3 is 5.32 Å². The van der Waals surface area contributed by atoms with E-state index in [0.29, 0.717) is 6.04 Å². The molecule has 1 aliphatic rings. The van der Waals surface area contributed by atoms with Crippen molar-refractivity contribution >= 4 is 0 Å². The number of aryl methyl sites for hydroxylation is 1. The van der Waals surface area contributed by atoms with Crippen molar-refractivity contribution in [3.8, 4) is 0 Å². The van der Waals surface area contributed by atoms with Gasteiger partial charge in [0.15, 0.2) is 0 Å². The van der Waals surface area contributed by atoms with Crippen LogP contribution in [0.3, 0.4) is 0 Å². The monoisotopic (exact) mass is 268 g/mol. The number of fused-ring (bicyclic) bond motifs is 1. The fourth-order valence-electron chi connectivity index (χ4n) is 2.82. The average molecular weight is 268 g/mol. The number of hydrogen-bond acceptors (Lipinski definition) is 4. The lowest BCUT2D eigenvalue weighted by Gasteiger charge is -2.25. The third kappa shape index (κ3) is 2.85. The summed E-state index contributed by atoms with van der Waals surface area (Å²) < 4.78 is 0. The molecule has 3 rings (SSSR count). The second-order valence-corrected chi connectivity index (χ2v) is 5.23. The summed E-state index contributed by atoms with van der Waals surface area (Å²) in [7, 11) is 0. The largest absolute Gasteiger partial charge is 0.310 e. The Kier molecular flexibility index (Phi) is 4.02. The molecule has 0 aliphatic heterocycles. The second-order valence-electron chi connectivity index (χ2n) is 5.23. The maximum Gasteiger partial charge on any atom is 0.132 e. The van der Waals surface area contributed by atoms with E-state index >= 15 is 0 Å². The Morgan fingerprint density at radius 1 is 1.35 bits per heavy atom. The summed E-state index contributed by atoms with van der Waals surface area (Å²) >= 11 is 0. The van der Waals surface area contributed by atoms with E-state index in [4.69, 9.17) is 4.98 Å². The molecule has 0 saturated heterocycles. The van der Waals surface area contributed by atoms with Crippen LogP contribution in [0.1, 0.15) is 48.5 Å². The molecule has 0 aromatic carbocycles. The molecule has 104 valence electrons. The molecule has 2 heterocycles. The maximum absolute atomic E-state index is 4.76. The molecule has 4 nitrogen and oxygen atoms in total. The minimum atomic E-state index is 0.427. The van der Waals surface area contributed by atoms with E-state index in [1.165, 1.54) is 24.1 Å². The summed E-state index contributed by atoms with van der Waals surface area (Å²) in [6.07, 6.45) is 9.90. The van der Waals surface area contributed by atoms with E-state index in [1.807, 2.05) is 18.5 Å². The molecule has 0 amide bonds. The SMILES string of the molecule is CCNC1CCCc2nc(Cc3cccnc3)ncc21. The van der Waals surface area contributed by atoms with Gasteiger partial charge in [-0.05, 0) is 37.4 Å². The number of nitrogens with zero attached hydrogens (tertiary/aromatic N) is 3. The Morgan fingerprint density at radius 2 is 2.30 bits per heavy atom. The highest BCUT2D eigenvalue weighted by Crippen LogP contribution is 2.27. The molecule has 2 aromatic rings. The lowest BCUT2D eigenvalue weighted by atomic mass is 9.92. The van der Waals surface area contributed by atoms with E-state index in [9.17, 15) is 0 Å². The molecule has 0 bridgehead atoms. The van der Waals surface area contributed by atoms with Crippen molar-refractivity contribution in [1.82, 2.24) is 20.3 Å². The topological polar surface area (TPSA) is 50.7 Å². The van der Waals surface area contributed by atoms with Crippen molar-refractivity contribution in [1.29, 1.82) is 0 Å². The number of hydrogen-bond donors (Lipinski definition) is 1. The Hall–Kier alpha value is -1.81. The van der Waals surface area contributed by atoms with Crippen LogP contribution in [0.15, 0.2) is 30.7 Å². The molecule has 0 radical (unpaired) electrons. The van der Waals surface area contributed by atoms with Gasteiger partial charge in [0.2, 0.25) is 0 Å². The summed E-state index contributed by atoms with van der Waals surface area (Å²) in [6, 6.07) is 4.45. The predicted molar refractivity (Wildman–Crippen MR) is 78.4 cm³/mol. The third-order valence-electron chi connectivity index (χ3n) is 3.77. The van der Waals surface area contributed by atoms with E-state index in [-0.39, 0.29) is 0 Å². The minimum Gasteiger partial charge on any atom is -0.310 e. The summed E-state index contributed by atoms with van der Waals surface area (Å²) in [6.45, 7) is 3.13. The second kappa shape index (κ2) is 6.09. The van der Waals surface area contributed by atoms with Crippen molar-refractivity contribution in [3.63, 3.8) is 0 Å². The Morgan fingerprint density at radius 3 is 3.10 bits per heavy atom. The van der Waals surface area contributed by atoms with Crippen molar-refractivity contribution in [2.45, 2.75) is 38.6 Å². The van der Waals surface area contributed by atoms with Gasteiger partial charge >= 0.3 is 0 Å². The Bertz CT molecular complexity index is 568. The summed E-state index contributed by atoms with van der Waals surface area (Å²) in [5, 5.41) is 3.52. The van der Waals surface area contributed by atoms with Crippen LogP contribution in [0.4, 0.5) is 0 Å². The molecule has 0 saturated carbocycles. The molecule has 1 atom stereocenters. The maximum atomic E-state index is 4.76. The first kappa shape index (κ1) is 13.2. The van der Waals surface area contributed by atoms with Gasteiger partial charge in [-0.2, -0.15) is 0 Å². The van der Waals surface area contributed by atoms with Gasteiger partial charge in [-0.3, -0.25) is 4.98 Å². The molecule has 1 N–H and O–H groups in total. The summed E-state index contributed by atoms with van der Waals surface area (Å²) in [4.78, 5) is 13.4.